The molecule has 0 aliphatic rings. The molecular weight excluding hydrogens is 582 g/mol. The number of sulfone groups is 1. The number of rotatable bonds is 6. The van der Waals surface area contributed by atoms with Crippen LogP contribution in [0.3, 0.4) is 0 Å². The van der Waals surface area contributed by atoms with E-state index >= 15 is 0 Å². The highest BCUT2D eigenvalue weighted by molar-refractivity contribution is 7.90. The van der Waals surface area contributed by atoms with Crippen LogP contribution >= 0.6 is 11.6 Å². The zero-order valence-corrected chi connectivity index (χ0v) is 25.1. The number of hydrogen-bond acceptors (Lipinski definition) is 6. The number of para-hydroxylation sites is 1. The Hall–Kier alpha value is -4.42. The molecule has 42 heavy (non-hydrogen) atoms. The van der Waals surface area contributed by atoms with Crippen molar-refractivity contribution in [3.63, 3.8) is 0 Å². The van der Waals surface area contributed by atoms with Gasteiger partial charge < -0.3 is 15.7 Å². The summed E-state index contributed by atoms with van der Waals surface area (Å²) in [5, 5.41) is 15.6. The third kappa shape index (κ3) is 6.24. The lowest BCUT2D eigenvalue weighted by atomic mass is 10.0. The molecule has 0 aliphatic carbocycles. The fourth-order valence-corrected chi connectivity index (χ4v) is 5.88. The van der Waals surface area contributed by atoms with Crippen molar-refractivity contribution in [3.8, 4) is 5.69 Å². The van der Waals surface area contributed by atoms with E-state index in [1.807, 2.05) is 0 Å². The summed E-state index contributed by atoms with van der Waals surface area (Å²) >= 11 is 6.40. The normalized spacial score (nSPS) is 12.5. The number of carbonyl (C=O) groups is 2. The highest BCUT2D eigenvalue weighted by Crippen LogP contribution is 2.30. The van der Waals surface area contributed by atoms with Crippen LogP contribution in [0.4, 0.5) is 21.0 Å². The van der Waals surface area contributed by atoms with Crippen LogP contribution in [0.25, 0.3) is 16.6 Å². The lowest BCUT2D eigenvalue weighted by Gasteiger charge is -2.38. The van der Waals surface area contributed by atoms with Crippen LogP contribution in [0.1, 0.15) is 39.6 Å². The van der Waals surface area contributed by atoms with Crippen LogP contribution in [0.15, 0.2) is 76.4 Å². The third-order valence-electron chi connectivity index (χ3n) is 6.46. The smallest absolute Gasteiger partial charge is 0.408 e. The number of aromatic nitrogens is 2. The first-order valence-electron chi connectivity index (χ1n) is 12.8. The standard InChI is InChI=1S/C29H30ClN5O6S/c1-17(35(28(38)39)29(2,3)4)25-32-22-14-9-12-20(30)24(22)26(36)34(25)19-11-8-10-18(16-19)31-27(37)33-21-13-6-7-15-23(21)42(5,40)41/h6-17H,1-5H3,(H,38,39)(H2,31,33,37)/t17-/m0/s1. The van der Waals surface area contributed by atoms with Gasteiger partial charge in [-0.3, -0.25) is 14.3 Å². The number of carboxylic acid groups (broad SMARTS) is 1. The maximum atomic E-state index is 13.9. The molecule has 1 heterocycles. The molecule has 3 N–H and O–H groups in total. The van der Waals surface area contributed by atoms with Crippen molar-refractivity contribution in [1.29, 1.82) is 0 Å². The van der Waals surface area contributed by atoms with Gasteiger partial charge in [-0.15, -0.1) is 0 Å². The van der Waals surface area contributed by atoms with Gasteiger partial charge in [-0.05, 0) is 70.2 Å². The third-order valence-corrected chi connectivity index (χ3v) is 7.93. The zero-order chi connectivity index (χ0) is 31.0. The average molecular weight is 612 g/mol. The first kappa shape index (κ1) is 30.5. The monoisotopic (exact) mass is 611 g/mol. The van der Waals surface area contributed by atoms with E-state index in [9.17, 15) is 27.9 Å². The predicted molar refractivity (Wildman–Crippen MR) is 163 cm³/mol. The lowest BCUT2D eigenvalue weighted by Crippen LogP contribution is -2.47. The van der Waals surface area contributed by atoms with Crippen LogP contribution in [-0.2, 0) is 9.84 Å². The molecule has 0 radical (unpaired) electrons. The summed E-state index contributed by atoms with van der Waals surface area (Å²) in [7, 11) is -3.60. The van der Waals surface area contributed by atoms with E-state index < -0.39 is 39.1 Å². The molecule has 11 nitrogen and oxygen atoms in total. The topological polar surface area (TPSA) is 151 Å². The van der Waals surface area contributed by atoms with Crippen LogP contribution < -0.4 is 16.2 Å². The van der Waals surface area contributed by atoms with Gasteiger partial charge in [-0.2, -0.15) is 0 Å². The van der Waals surface area contributed by atoms with E-state index in [1.54, 1.807) is 76.2 Å². The minimum atomic E-state index is -3.60. The summed E-state index contributed by atoms with van der Waals surface area (Å²) in [6.45, 7) is 6.86. The molecule has 220 valence electrons. The summed E-state index contributed by atoms with van der Waals surface area (Å²) in [6, 6.07) is 15.6. The van der Waals surface area contributed by atoms with E-state index in [-0.39, 0.29) is 32.5 Å². The Morgan fingerprint density at radius 3 is 2.33 bits per heavy atom. The molecule has 4 aromatic rings. The Balaban J connectivity index is 1.81. The molecule has 3 aromatic carbocycles. The van der Waals surface area contributed by atoms with Crippen LogP contribution in [0, 0.1) is 0 Å². The SMILES string of the molecule is C[C@@H](c1nc2cccc(Cl)c2c(=O)n1-c1cccc(NC(=O)Nc2ccccc2S(C)(=O)=O)c1)N(C(=O)O)C(C)(C)C. The number of nitrogens with one attached hydrogen (secondary N) is 2. The molecule has 1 aromatic heterocycles. The molecule has 0 spiro atoms. The van der Waals surface area contributed by atoms with Gasteiger partial charge in [0, 0.05) is 17.5 Å². The second-order valence-electron chi connectivity index (χ2n) is 10.6. The van der Waals surface area contributed by atoms with E-state index in [0.29, 0.717) is 11.2 Å². The average Bonchev–Trinajstić information content (AvgIpc) is 2.87. The number of benzene rings is 3. The quantitative estimate of drug-likeness (QED) is 0.244. The van der Waals surface area contributed by atoms with Gasteiger partial charge >= 0.3 is 12.1 Å². The van der Waals surface area contributed by atoms with Gasteiger partial charge in [0.25, 0.3) is 5.56 Å². The predicted octanol–water partition coefficient (Wildman–Crippen LogP) is 5.93. The van der Waals surface area contributed by atoms with Crippen molar-refractivity contribution >= 4 is 55.8 Å². The Bertz CT molecular complexity index is 1870. The van der Waals surface area contributed by atoms with E-state index in [1.165, 1.54) is 27.7 Å². The minimum Gasteiger partial charge on any atom is -0.465 e. The first-order valence-corrected chi connectivity index (χ1v) is 15.1. The maximum absolute atomic E-state index is 13.9. The minimum absolute atomic E-state index is 0.0416. The molecule has 13 heteroatoms. The van der Waals surface area contributed by atoms with Gasteiger partial charge in [-0.25, -0.2) is 23.0 Å². The molecule has 0 aliphatic heterocycles. The first-order chi connectivity index (χ1) is 19.6. The van der Waals surface area contributed by atoms with Gasteiger partial charge in [-0.1, -0.05) is 35.9 Å². The van der Waals surface area contributed by atoms with Crippen molar-refractivity contribution in [2.45, 2.75) is 44.2 Å². The fraction of sp³-hybridized carbons (Fsp3) is 0.241. The Morgan fingerprint density at radius 2 is 1.69 bits per heavy atom. The van der Waals surface area contributed by atoms with E-state index in [2.05, 4.69) is 15.6 Å². The largest absolute Gasteiger partial charge is 0.465 e. The Morgan fingerprint density at radius 1 is 1.02 bits per heavy atom. The van der Waals surface area contributed by atoms with Gasteiger partial charge in [0.1, 0.15) is 5.82 Å². The van der Waals surface area contributed by atoms with Crippen molar-refractivity contribution in [2.75, 3.05) is 16.9 Å². The zero-order valence-electron chi connectivity index (χ0n) is 23.5. The fourth-order valence-electron chi connectivity index (χ4n) is 4.79. The Kier molecular flexibility index (Phi) is 8.33. The second kappa shape index (κ2) is 11.5. The number of fused-ring (bicyclic) bond motifs is 1. The molecule has 3 amide bonds. The van der Waals surface area contributed by atoms with Crippen molar-refractivity contribution in [1.82, 2.24) is 14.5 Å². The summed E-state index contributed by atoms with van der Waals surface area (Å²) in [5.41, 5.74) is -0.369. The summed E-state index contributed by atoms with van der Waals surface area (Å²) in [5.74, 6) is 0.149. The number of amides is 3. The summed E-state index contributed by atoms with van der Waals surface area (Å²) in [6.07, 6.45) is -0.149. The molecular formula is C29H30ClN5O6S. The molecule has 0 fully saturated rings. The van der Waals surface area contributed by atoms with Gasteiger partial charge in [0.05, 0.1) is 38.2 Å². The molecule has 0 saturated heterocycles. The molecule has 0 unspecified atom stereocenters. The van der Waals surface area contributed by atoms with E-state index in [0.717, 1.165) is 6.26 Å². The highest BCUT2D eigenvalue weighted by Gasteiger charge is 2.34. The molecule has 0 bridgehead atoms. The number of hydrogen-bond donors (Lipinski definition) is 3. The van der Waals surface area contributed by atoms with E-state index in [4.69, 9.17) is 11.6 Å². The number of anilines is 2. The summed E-state index contributed by atoms with van der Waals surface area (Å²) < 4.78 is 25.5. The van der Waals surface area contributed by atoms with Crippen molar-refractivity contribution in [3.05, 3.63) is 87.9 Å². The van der Waals surface area contributed by atoms with Crippen molar-refractivity contribution in [2.24, 2.45) is 0 Å². The Labute approximate surface area is 247 Å². The maximum Gasteiger partial charge on any atom is 0.408 e. The molecule has 0 saturated carbocycles. The number of urea groups is 1. The molecule has 4 rings (SSSR count). The van der Waals surface area contributed by atoms with Crippen LogP contribution in [0.2, 0.25) is 5.02 Å². The number of halogens is 1. The van der Waals surface area contributed by atoms with Crippen LogP contribution in [-0.4, -0.2) is 51.9 Å². The van der Waals surface area contributed by atoms with Crippen molar-refractivity contribution < 1.29 is 23.1 Å². The summed E-state index contributed by atoms with van der Waals surface area (Å²) in [4.78, 5) is 45.0. The molecule has 1 atom stereocenters. The number of nitrogens with zero attached hydrogens (tertiary/aromatic N) is 3. The van der Waals surface area contributed by atoms with Crippen LogP contribution in [0.5, 0.6) is 0 Å². The van der Waals surface area contributed by atoms with Gasteiger partial charge in [0.2, 0.25) is 0 Å². The highest BCUT2D eigenvalue weighted by atomic mass is 35.5. The van der Waals surface area contributed by atoms with Gasteiger partial charge in [0.15, 0.2) is 9.84 Å². The second-order valence-corrected chi connectivity index (χ2v) is 13.0. The lowest BCUT2D eigenvalue weighted by molar-refractivity contribution is 0.0719. The number of carbonyl (C=O) groups excluding carboxylic acids is 1.